The molecule has 0 aliphatic heterocycles. The Bertz CT molecular complexity index is 667. The molecule has 0 radical (unpaired) electrons. The lowest BCUT2D eigenvalue weighted by Gasteiger charge is -2.27. The summed E-state index contributed by atoms with van der Waals surface area (Å²) in [6, 6.07) is 0. The molecule has 1 rings (SSSR count). The number of Topliss-reactive ketones (excluding diaryl/α,β-unsaturated/α-hetero) is 4. The van der Waals surface area contributed by atoms with Crippen molar-refractivity contribution >= 4 is 33.5 Å². The summed E-state index contributed by atoms with van der Waals surface area (Å²) >= 11 is 0. The van der Waals surface area contributed by atoms with Gasteiger partial charge < -0.3 is 0 Å². The van der Waals surface area contributed by atoms with Gasteiger partial charge in [-0.05, 0) is 25.2 Å². The van der Waals surface area contributed by atoms with Crippen LogP contribution in [0.5, 0.6) is 0 Å². The molecule has 0 aromatic heterocycles. The summed E-state index contributed by atoms with van der Waals surface area (Å²) in [4.78, 5) is 47.5. The van der Waals surface area contributed by atoms with Gasteiger partial charge in [-0.25, -0.2) is 4.18 Å². The van der Waals surface area contributed by atoms with Crippen LogP contribution in [0.1, 0.15) is 71.1 Å². The first-order valence-corrected chi connectivity index (χ1v) is 11.0. The topological polar surface area (TPSA) is 121 Å². The molecule has 0 saturated heterocycles. The molecule has 1 saturated carbocycles. The summed E-state index contributed by atoms with van der Waals surface area (Å²) in [5.74, 6) is -0.129. The van der Waals surface area contributed by atoms with Crippen LogP contribution < -0.4 is 0 Å². The molecule has 1 aliphatic carbocycles. The van der Waals surface area contributed by atoms with Crippen molar-refractivity contribution < 1.29 is 36.0 Å². The summed E-state index contributed by atoms with van der Waals surface area (Å²) in [5.41, 5.74) is 0. The van der Waals surface area contributed by atoms with Crippen LogP contribution in [-0.2, 0) is 37.9 Å². The Hall–Kier alpha value is -1.45. The van der Waals surface area contributed by atoms with Crippen molar-refractivity contribution in [1.29, 1.82) is 0 Å². The summed E-state index contributed by atoms with van der Waals surface area (Å²) in [5, 5.41) is 0. The number of ketones is 4. The standard InChI is InChI=1S/C19H30O8S/c1-3-19(23)15-11-14(12-18(22)13-15)6-7-17(21)9-8-16(20)5-4-10-27-28(24,25)26-2/h14-15H,3-13H2,1-2H3. The van der Waals surface area contributed by atoms with E-state index in [0.717, 1.165) is 7.11 Å². The normalized spacial score (nSPS) is 20.1. The van der Waals surface area contributed by atoms with E-state index < -0.39 is 10.4 Å². The molecule has 1 aliphatic rings. The van der Waals surface area contributed by atoms with E-state index in [1.54, 1.807) is 6.92 Å². The van der Waals surface area contributed by atoms with E-state index in [1.165, 1.54) is 0 Å². The highest BCUT2D eigenvalue weighted by Gasteiger charge is 2.30. The number of hydrogen-bond acceptors (Lipinski definition) is 8. The minimum absolute atomic E-state index is 0.0389. The van der Waals surface area contributed by atoms with Crippen molar-refractivity contribution in [2.75, 3.05) is 13.7 Å². The Morgan fingerprint density at radius 1 is 1.04 bits per heavy atom. The minimum atomic E-state index is -3.99. The summed E-state index contributed by atoms with van der Waals surface area (Å²) in [6.45, 7) is 1.64. The van der Waals surface area contributed by atoms with E-state index in [0.29, 0.717) is 38.5 Å². The molecular weight excluding hydrogens is 388 g/mol. The zero-order valence-corrected chi connectivity index (χ0v) is 17.4. The predicted octanol–water partition coefficient (Wildman–Crippen LogP) is 2.34. The van der Waals surface area contributed by atoms with Gasteiger partial charge in [0.2, 0.25) is 0 Å². The third-order valence-corrected chi connectivity index (χ3v) is 5.82. The third-order valence-electron chi connectivity index (χ3n) is 4.96. The van der Waals surface area contributed by atoms with Gasteiger partial charge in [-0.15, -0.1) is 0 Å². The molecule has 0 N–H and O–H groups in total. The molecular formula is C19H30O8S. The Morgan fingerprint density at radius 2 is 1.68 bits per heavy atom. The second kappa shape index (κ2) is 12.2. The maximum atomic E-state index is 12.0. The first kappa shape index (κ1) is 24.6. The number of rotatable bonds is 14. The van der Waals surface area contributed by atoms with Crippen molar-refractivity contribution in [2.45, 2.75) is 71.1 Å². The zero-order chi connectivity index (χ0) is 21.2. The molecule has 0 heterocycles. The molecule has 0 aromatic carbocycles. The maximum absolute atomic E-state index is 12.0. The molecule has 2 atom stereocenters. The fourth-order valence-corrected chi connectivity index (χ4v) is 3.79. The van der Waals surface area contributed by atoms with Gasteiger partial charge in [-0.2, -0.15) is 8.42 Å². The quantitative estimate of drug-likeness (QED) is 0.394. The minimum Gasteiger partial charge on any atom is -0.300 e. The molecule has 8 nitrogen and oxygen atoms in total. The lowest BCUT2D eigenvalue weighted by molar-refractivity contribution is -0.131. The Morgan fingerprint density at radius 3 is 2.29 bits per heavy atom. The molecule has 1 fully saturated rings. The van der Waals surface area contributed by atoms with Crippen LogP contribution in [0.4, 0.5) is 0 Å². The third kappa shape index (κ3) is 9.66. The van der Waals surface area contributed by atoms with Crippen molar-refractivity contribution in [3.63, 3.8) is 0 Å². The monoisotopic (exact) mass is 418 g/mol. The highest BCUT2D eigenvalue weighted by molar-refractivity contribution is 7.81. The Labute approximate surface area is 166 Å². The average molecular weight is 419 g/mol. The summed E-state index contributed by atoms with van der Waals surface area (Å²) in [6.07, 6.45) is 3.29. The SMILES string of the molecule is CCC(=O)C1CC(=O)CC(CCC(=O)CCC(=O)CCCOS(=O)(=O)OC)C1. The molecule has 0 amide bonds. The van der Waals surface area contributed by atoms with Crippen molar-refractivity contribution in [3.05, 3.63) is 0 Å². The smallest absolute Gasteiger partial charge is 0.300 e. The van der Waals surface area contributed by atoms with Crippen LogP contribution in [0, 0.1) is 11.8 Å². The maximum Gasteiger partial charge on any atom is 0.399 e. The zero-order valence-electron chi connectivity index (χ0n) is 16.6. The fourth-order valence-electron chi connectivity index (χ4n) is 3.38. The van der Waals surface area contributed by atoms with E-state index in [-0.39, 0.29) is 67.3 Å². The molecule has 9 heteroatoms. The van der Waals surface area contributed by atoms with Crippen LogP contribution in [0.2, 0.25) is 0 Å². The molecule has 0 spiro atoms. The number of carbonyl (C=O) groups excluding carboxylic acids is 4. The summed E-state index contributed by atoms with van der Waals surface area (Å²) < 4.78 is 30.5. The van der Waals surface area contributed by atoms with Crippen molar-refractivity contribution in [2.24, 2.45) is 11.8 Å². The Kier molecular flexibility index (Phi) is 10.7. The Balaban J connectivity index is 2.23. The van der Waals surface area contributed by atoms with Crippen molar-refractivity contribution in [3.8, 4) is 0 Å². The lowest BCUT2D eigenvalue weighted by Crippen LogP contribution is -2.28. The van der Waals surface area contributed by atoms with E-state index in [1.807, 2.05) is 0 Å². The van der Waals surface area contributed by atoms with Gasteiger partial charge in [-0.1, -0.05) is 6.92 Å². The first-order valence-electron chi connectivity index (χ1n) is 9.69. The van der Waals surface area contributed by atoms with Gasteiger partial charge in [0, 0.05) is 50.9 Å². The second-order valence-corrected chi connectivity index (χ2v) is 8.57. The first-order chi connectivity index (χ1) is 13.2. The van der Waals surface area contributed by atoms with E-state index in [4.69, 9.17) is 0 Å². The van der Waals surface area contributed by atoms with E-state index >= 15 is 0 Å². The number of hydrogen-bond donors (Lipinski definition) is 0. The van der Waals surface area contributed by atoms with Gasteiger partial charge in [-0.3, -0.25) is 23.4 Å². The van der Waals surface area contributed by atoms with Crippen molar-refractivity contribution in [1.82, 2.24) is 0 Å². The van der Waals surface area contributed by atoms with Gasteiger partial charge in [0.05, 0.1) is 13.7 Å². The largest absolute Gasteiger partial charge is 0.399 e. The fraction of sp³-hybridized carbons (Fsp3) is 0.789. The molecule has 160 valence electrons. The molecule has 0 bridgehead atoms. The van der Waals surface area contributed by atoms with Crippen LogP contribution in [0.3, 0.4) is 0 Å². The second-order valence-electron chi connectivity index (χ2n) is 7.18. The van der Waals surface area contributed by atoms with Gasteiger partial charge in [0.15, 0.2) is 0 Å². The molecule has 0 aromatic rings. The van der Waals surface area contributed by atoms with Gasteiger partial charge in [0.25, 0.3) is 0 Å². The lowest BCUT2D eigenvalue weighted by atomic mass is 9.76. The van der Waals surface area contributed by atoms with E-state index in [2.05, 4.69) is 8.37 Å². The van der Waals surface area contributed by atoms with Crippen LogP contribution in [0.25, 0.3) is 0 Å². The summed E-state index contributed by atoms with van der Waals surface area (Å²) in [7, 11) is -3.00. The number of carbonyl (C=O) groups is 4. The predicted molar refractivity (Wildman–Crippen MR) is 101 cm³/mol. The van der Waals surface area contributed by atoms with Crippen LogP contribution in [0.15, 0.2) is 0 Å². The highest BCUT2D eigenvalue weighted by Crippen LogP contribution is 2.31. The van der Waals surface area contributed by atoms with Crippen LogP contribution >= 0.6 is 0 Å². The van der Waals surface area contributed by atoms with Gasteiger partial charge in [0.1, 0.15) is 23.1 Å². The molecule has 28 heavy (non-hydrogen) atoms. The molecule has 2 unspecified atom stereocenters. The average Bonchev–Trinajstić information content (AvgIpc) is 2.67. The van der Waals surface area contributed by atoms with Gasteiger partial charge >= 0.3 is 10.4 Å². The highest BCUT2D eigenvalue weighted by atomic mass is 32.3. The van der Waals surface area contributed by atoms with E-state index in [9.17, 15) is 27.6 Å². The van der Waals surface area contributed by atoms with Crippen LogP contribution in [-0.4, -0.2) is 45.3 Å².